The van der Waals surface area contributed by atoms with Crippen LogP contribution >= 0.6 is 0 Å². The largest absolute Gasteiger partial charge is 0.392 e. The van der Waals surface area contributed by atoms with Crippen LogP contribution < -0.4 is 9.44 Å². The van der Waals surface area contributed by atoms with Gasteiger partial charge in [0, 0.05) is 12.6 Å². The quantitative estimate of drug-likeness (QED) is 0.542. The van der Waals surface area contributed by atoms with E-state index in [0.29, 0.717) is 6.42 Å². The zero-order valence-corrected chi connectivity index (χ0v) is 8.47. The molecule has 1 saturated carbocycles. The summed E-state index contributed by atoms with van der Waals surface area (Å²) in [5.74, 6) is 0. The van der Waals surface area contributed by atoms with Crippen molar-refractivity contribution in [2.24, 2.45) is 0 Å². The molecule has 0 amide bonds. The van der Waals surface area contributed by atoms with Crippen molar-refractivity contribution in [3.05, 3.63) is 0 Å². The Hall–Kier alpha value is -0.170. The first-order valence-corrected chi connectivity index (χ1v) is 5.97. The SMILES string of the molecule is CCC(O)CNS(=O)(=O)NC1CC1. The Labute approximate surface area is 78.7 Å². The first-order chi connectivity index (χ1) is 6.03. The zero-order chi connectivity index (χ0) is 9.90. The van der Waals surface area contributed by atoms with Crippen LogP contribution in [0, 0.1) is 0 Å². The van der Waals surface area contributed by atoms with Gasteiger partial charge in [-0.1, -0.05) is 6.92 Å². The van der Waals surface area contributed by atoms with Crippen LogP contribution in [0.25, 0.3) is 0 Å². The highest BCUT2D eigenvalue weighted by Crippen LogP contribution is 2.19. The van der Waals surface area contributed by atoms with Crippen LogP contribution in [0.3, 0.4) is 0 Å². The van der Waals surface area contributed by atoms with Gasteiger partial charge in [-0.2, -0.15) is 17.9 Å². The van der Waals surface area contributed by atoms with Gasteiger partial charge in [0.15, 0.2) is 0 Å². The molecule has 1 aliphatic carbocycles. The van der Waals surface area contributed by atoms with Gasteiger partial charge in [-0.3, -0.25) is 0 Å². The maximum atomic E-state index is 11.2. The van der Waals surface area contributed by atoms with Gasteiger partial charge < -0.3 is 5.11 Å². The fraction of sp³-hybridized carbons (Fsp3) is 1.00. The lowest BCUT2D eigenvalue weighted by Gasteiger charge is -2.10. The van der Waals surface area contributed by atoms with E-state index < -0.39 is 16.3 Å². The second-order valence-electron chi connectivity index (χ2n) is 3.31. The molecule has 0 heterocycles. The van der Waals surface area contributed by atoms with Crippen LogP contribution in [-0.4, -0.2) is 32.2 Å². The van der Waals surface area contributed by atoms with Crippen molar-refractivity contribution in [2.45, 2.75) is 38.3 Å². The molecule has 1 atom stereocenters. The van der Waals surface area contributed by atoms with E-state index in [9.17, 15) is 8.42 Å². The molecule has 0 aromatic carbocycles. The van der Waals surface area contributed by atoms with Crippen LogP contribution in [0.4, 0.5) is 0 Å². The second kappa shape index (κ2) is 4.36. The monoisotopic (exact) mass is 208 g/mol. The van der Waals surface area contributed by atoms with Crippen molar-refractivity contribution < 1.29 is 13.5 Å². The molecule has 0 bridgehead atoms. The standard InChI is InChI=1S/C7H16N2O3S/c1-2-7(10)5-8-13(11,12)9-6-3-4-6/h6-10H,2-5H2,1H3. The average molecular weight is 208 g/mol. The predicted octanol–water partition coefficient (Wildman–Crippen LogP) is -0.656. The molecule has 1 unspecified atom stereocenters. The third kappa shape index (κ3) is 4.56. The molecular weight excluding hydrogens is 192 g/mol. The number of nitrogens with one attached hydrogen (secondary N) is 2. The van der Waals surface area contributed by atoms with Gasteiger partial charge in [0.05, 0.1) is 6.10 Å². The van der Waals surface area contributed by atoms with Crippen LogP contribution in [-0.2, 0) is 10.2 Å². The lowest BCUT2D eigenvalue weighted by atomic mass is 10.3. The minimum Gasteiger partial charge on any atom is -0.392 e. The minimum atomic E-state index is -3.38. The van der Waals surface area contributed by atoms with E-state index in [0.717, 1.165) is 12.8 Å². The topological polar surface area (TPSA) is 78.4 Å². The van der Waals surface area contributed by atoms with Crippen LogP contribution in [0.15, 0.2) is 0 Å². The number of hydrogen-bond donors (Lipinski definition) is 3. The molecular formula is C7H16N2O3S. The molecule has 1 aliphatic rings. The highest BCUT2D eigenvalue weighted by molar-refractivity contribution is 7.87. The number of aliphatic hydroxyl groups excluding tert-OH is 1. The van der Waals surface area contributed by atoms with E-state index in [2.05, 4.69) is 9.44 Å². The maximum absolute atomic E-state index is 11.2. The highest BCUT2D eigenvalue weighted by atomic mass is 32.2. The van der Waals surface area contributed by atoms with E-state index in [1.165, 1.54) is 0 Å². The molecule has 0 saturated heterocycles. The van der Waals surface area contributed by atoms with E-state index in [-0.39, 0.29) is 12.6 Å². The van der Waals surface area contributed by atoms with Crippen LogP contribution in [0.2, 0.25) is 0 Å². The smallest absolute Gasteiger partial charge is 0.277 e. The van der Waals surface area contributed by atoms with Crippen molar-refractivity contribution in [2.75, 3.05) is 6.54 Å². The summed E-state index contributed by atoms with van der Waals surface area (Å²) in [5, 5.41) is 9.12. The Morgan fingerprint density at radius 3 is 2.62 bits per heavy atom. The fourth-order valence-electron chi connectivity index (χ4n) is 0.813. The molecule has 6 heteroatoms. The lowest BCUT2D eigenvalue weighted by molar-refractivity contribution is 0.174. The van der Waals surface area contributed by atoms with Gasteiger partial charge in [0.1, 0.15) is 0 Å². The van der Waals surface area contributed by atoms with E-state index in [1.54, 1.807) is 6.92 Å². The van der Waals surface area contributed by atoms with Crippen molar-refractivity contribution in [1.29, 1.82) is 0 Å². The Morgan fingerprint density at radius 1 is 1.54 bits per heavy atom. The summed E-state index contributed by atoms with van der Waals surface area (Å²) in [6.45, 7) is 1.88. The van der Waals surface area contributed by atoms with Gasteiger partial charge in [-0.05, 0) is 19.3 Å². The Bertz CT molecular complexity index is 248. The predicted molar refractivity (Wildman–Crippen MR) is 49.4 cm³/mol. The summed E-state index contributed by atoms with van der Waals surface area (Å²) in [4.78, 5) is 0. The molecule has 78 valence electrons. The summed E-state index contributed by atoms with van der Waals surface area (Å²) < 4.78 is 27.1. The number of aliphatic hydroxyl groups is 1. The average Bonchev–Trinajstić information content (AvgIpc) is 2.83. The summed E-state index contributed by atoms with van der Waals surface area (Å²) in [6.07, 6.45) is 1.77. The van der Waals surface area contributed by atoms with Crippen molar-refractivity contribution >= 4 is 10.2 Å². The normalized spacial score (nSPS) is 20.2. The molecule has 13 heavy (non-hydrogen) atoms. The van der Waals surface area contributed by atoms with Gasteiger partial charge in [0.25, 0.3) is 10.2 Å². The second-order valence-corrected chi connectivity index (χ2v) is 4.84. The van der Waals surface area contributed by atoms with Crippen molar-refractivity contribution in [3.63, 3.8) is 0 Å². The van der Waals surface area contributed by atoms with E-state index >= 15 is 0 Å². The van der Waals surface area contributed by atoms with Crippen molar-refractivity contribution in [3.8, 4) is 0 Å². The summed E-state index contributed by atoms with van der Waals surface area (Å²) in [6, 6.07) is 0.108. The third-order valence-electron chi connectivity index (χ3n) is 1.88. The summed E-state index contributed by atoms with van der Waals surface area (Å²) in [7, 11) is -3.38. The first kappa shape index (κ1) is 10.9. The maximum Gasteiger partial charge on any atom is 0.277 e. The minimum absolute atomic E-state index is 0.0819. The van der Waals surface area contributed by atoms with Crippen LogP contribution in [0.5, 0.6) is 0 Å². The Balaban J connectivity index is 2.24. The zero-order valence-electron chi connectivity index (χ0n) is 7.66. The molecule has 5 nitrogen and oxygen atoms in total. The molecule has 3 N–H and O–H groups in total. The molecule has 0 aromatic rings. The molecule has 0 aromatic heterocycles. The molecule has 0 aliphatic heterocycles. The first-order valence-electron chi connectivity index (χ1n) is 4.48. The van der Waals surface area contributed by atoms with Crippen molar-refractivity contribution in [1.82, 2.24) is 9.44 Å². The molecule has 0 radical (unpaired) electrons. The van der Waals surface area contributed by atoms with Gasteiger partial charge in [0.2, 0.25) is 0 Å². The van der Waals surface area contributed by atoms with Crippen LogP contribution in [0.1, 0.15) is 26.2 Å². The molecule has 1 rings (SSSR count). The van der Waals surface area contributed by atoms with Gasteiger partial charge in [-0.15, -0.1) is 0 Å². The van der Waals surface area contributed by atoms with Gasteiger partial charge >= 0.3 is 0 Å². The lowest BCUT2D eigenvalue weighted by Crippen LogP contribution is -2.41. The Morgan fingerprint density at radius 2 is 2.15 bits per heavy atom. The van der Waals surface area contributed by atoms with E-state index in [4.69, 9.17) is 5.11 Å². The van der Waals surface area contributed by atoms with E-state index in [1.807, 2.05) is 0 Å². The summed E-state index contributed by atoms with van der Waals surface area (Å²) >= 11 is 0. The number of hydrogen-bond acceptors (Lipinski definition) is 3. The summed E-state index contributed by atoms with van der Waals surface area (Å²) in [5.41, 5.74) is 0. The fourth-order valence-corrected chi connectivity index (χ4v) is 1.98. The number of rotatable bonds is 6. The third-order valence-corrected chi connectivity index (χ3v) is 3.07. The molecule has 1 fully saturated rings. The Kier molecular flexibility index (Phi) is 3.66. The molecule has 0 spiro atoms. The van der Waals surface area contributed by atoms with Gasteiger partial charge in [-0.25, -0.2) is 0 Å². The highest BCUT2D eigenvalue weighted by Gasteiger charge is 2.26.